The maximum atomic E-state index is 3.67. The predicted octanol–water partition coefficient (Wildman–Crippen LogP) is 4.62. The molecule has 0 radical (unpaired) electrons. The molecule has 0 aliphatic rings. The van der Waals surface area contributed by atoms with Crippen molar-refractivity contribution in [1.82, 2.24) is 5.32 Å². The van der Waals surface area contributed by atoms with Gasteiger partial charge in [0.15, 0.2) is 0 Å². The molecule has 0 bridgehead atoms. The molecule has 0 aromatic carbocycles. The monoisotopic (exact) mass is 227 g/mol. The quantitative estimate of drug-likeness (QED) is 0.597. The van der Waals surface area contributed by atoms with Crippen LogP contribution in [0.4, 0.5) is 0 Å². The Kier molecular flexibility index (Phi) is 8.09. The molecule has 0 fully saturated rings. The van der Waals surface area contributed by atoms with Gasteiger partial charge < -0.3 is 5.32 Å². The van der Waals surface area contributed by atoms with Crippen LogP contribution in [0.5, 0.6) is 0 Å². The van der Waals surface area contributed by atoms with Crippen LogP contribution < -0.4 is 5.32 Å². The number of nitrogens with one attached hydrogen (secondary N) is 1. The lowest BCUT2D eigenvalue weighted by Crippen LogP contribution is -2.35. The Morgan fingerprint density at radius 1 is 1.00 bits per heavy atom. The fourth-order valence-corrected chi connectivity index (χ4v) is 1.66. The molecule has 0 heterocycles. The molecule has 1 heteroatoms. The smallest absolute Gasteiger partial charge is 0.00388 e. The van der Waals surface area contributed by atoms with Crippen LogP contribution in [0.15, 0.2) is 0 Å². The topological polar surface area (TPSA) is 12.0 Å². The summed E-state index contributed by atoms with van der Waals surface area (Å²) in [4.78, 5) is 0. The molecular formula is C15H33N. The molecule has 0 spiro atoms. The third-order valence-electron chi connectivity index (χ3n) is 3.74. The summed E-state index contributed by atoms with van der Waals surface area (Å²) in [6.45, 7) is 15.1. The fourth-order valence-electron chi connectivity index (χ4n) is 1.66. The molecule has 0 amide bonds. The van der Waals surface area contributed by atoms with Gasteiger partial charge in [-0.15, -0.1) is 0 Å². The van der Waals surface area contributed by atoms with E-state index in [2.05, 4.69) is 46.9 Å². The van der Waals surface area contributed by atoms with Crippen molar-refractivity contribution < 1.29 is 0 Å². The van der Waals surface area contributed by atoms with Crippen LogP contribution in [0.3, 0.4) is 0 Å². The van der Waals surface area contributed by atoms with E-state index in [1.54, 1.807) is 0 Å². The molecule has 0 saturated heterocycles. The zero-order valence-electron chi connectivity index (χ0n) is 12.4. The van der Waals surface area contributed by atoms with Crippen molar-refractivity contribution in [3.63, 3.8) is 0 Å². The molecule has 0 aliphatic carbocycles. The highest BCUT2D eigenvalue weighted by Gasteiger charge is 2.19. The predicted molar refractivity (Wildman–Crippen MR) is 74.8 cm³/mol. The second-order valence-corrected chi connectivity index (χ2v) is 6.43. The van der Waals surface area contributed by atoms with E-state index in [4.69, 9.17) is 0 Å². The first kappa shape index (κ1) is 16.0. The summed E-state index contributed by atoms with van der Waals surface area (Å²) in [5.41, 5.74) is 0.426. The van der Waals surface area contributed by atoms with Crippen LogP contribution in [0.25, 0.3) is 0 Å². The maximum absolute atomic E-state index is 3.67. The Labute approximate surface area is 103 Å². The SMILES string of the molecule is CCCCCCC(C)NCC(C)C(C)(C)C. The van der Waals surface area contributed by atoms with Gasteiger partial charge >= 0.3 is 0 Å². The zero-order valence-corrected chi connectivity index (χ0v) is 12.4. The lowest BCUT2D eigenvalue weighted by molar-refractivity contribution is 0.244. The summed E-state index contributed by atoms with van der Waals surface area (Å²) in [7, 11) is 0. The second-order valence-electron chi connectivity index (χ2n) is 6.43. The van der Waals surface area contributed by atoms with Crippen LogP contribution in [0.2, 0.25) is 0 Å². The molecular weight excluding hydrogens is 194 g/mol. The Bertz CT molecular complexity index is 157. The minimum atomic E-state index is 0.426. The highest BCUT2D eigenvalue weighted by Crippen LogP contribution is 2.24. The Balaban J connectivity index is 3.53. The standard InChI is InChI=1S/C15H33N/c1-7-8-9-10-11-14(3)16-12-13(2)15(4,5)6/h13-14,16H,7-12H2,1-6H3. The number of unbranched alkanes of at least 4 members (excludes halogenated alkanes) is 3. The van der Waals surface area contributed by atoms with Gasteiger partial charge in [-0.3, -0.25) is 0 Å². The van der Waals surface area contributed by atoms with Gasteiger partial charge in [0.25, 0.3) is 0 Å². The Morgan fingerprint density at radius 3 is 2.12 bits per heavy atom. The maximum Gasteiger partial charge on any atom is 0.00388 e. The van der Waals surface area contributed by atoms with E-state index in [0.717, 1.165) is 12.5 Å². The van der Waals surface area contributed by atoms with Crippen LogP contribution in [0.1, 0.15) is 73.6 Å². The molecule has 2 atom stereocenters. The van der Waals surface area contributed by atoms with E-state index in [-0.39, 0.29) is 0 Å². The average Bonchev–Trinajstić information content (AvgIpc) is 2.19. The van der Waals surface area contributed by atoms with Gasteiger partial charge in [-0.25, -0.2) is 0 Å². The van der Waals surface area contributed by atoms with Gasteiger partial charge in [0, 0.05) is 6.04 Å². The van der Waals surface area contributed by atoms with Gasteiger partial charge in [-0.05, 0) is 31.2 Å². The van der Waals surface area contributed by atoms with Crippen molar-refractivity contribution in [2.75, 3.05) is 6.54 Å². The summed E-state index contributed by atoms with van der Waals surface area (Å²) in [5.74, 6) is 0.741. The van der Waals surface area contributed by atoms with E-state index < -0.39 is 0 Å². The number of hydrogen-bond acceptors (Lipinski definition) is 1. The van der Waals surface area contributed by atoms with E-state index in [1.807, 2.05) is 0 Å². The van der Waals surface area contributed by atoms with Gasteiger partial charge in [-0.2, -0.15) is 0 Å². The first-order valence-electron chi connectivity index (χ1n) is 7.11. The third kappa shape index (κ3) is 8.15. The summed E-state index contributed by atoms with van der Waals surface area (Å²) in [5, 5.41) is 3.67. The molecule has 0 rings (SSSR count). The second kappa shape index (κ2) is 8.11. The van der Waals surface area contributed by atoms with Crippen molar-refractivity contribution >= 4 is 0 Å². The molecule has 1 N–H and O–H groups in total. The number of rotatable bonds is 8. The van der Waals surface area contributed by atoms with Crippen molar-refractivity contribution in [2.45, 2.75) is 79.7 Å². The van der Waals surface area contributed by atoms with Gasteiger partial charge in [0.05, 0.1) is 0 Å². The third-order valence-corrected chi connectivity index (χ3v) is 3.74. The summed E-state index contributed by atoms with van der Waals surface area (Å²) in [6, 6.07) is 0.682. The number of hydrogen-bond donors (Lipinski definition) is 1. The van der Waals surface area contributed by atoms with Crippen molar-refractivity contribution in [1.29, 1.82) is 0 Å². The molecule has 2 unspecified atom stereocenters. The first-order valence-corrected chi connectivity index (χ1v) is 7.11. The molecule has 0 aliphatic heterocycles. The highest BCUT2D eigenvalue weighted by molar-refractivity contribution is 4.73. The summed E-state index contributed by atoms with van der Waals surface area (Å²) < 4.78 is 0. The van der Waals surface area contributed by atoms with Crippen LogP contribution >= 0.6 is 0 Å². The van der Waals surface area contributed by atoms with Crippen molar-refractivity contribution in [2.24, 2.45) is 11.3 Å². The van der Waals surface area contributed by atoms with E-state index in [1.165, 1.54) is 32.1 Å². The fraction of sp³-hybridized carbons (Fsp3) is 1.00. The Morgan fingerprint density at radius 2 is 1.62 bits per heavy atom. The molecule has 0 aromatic rings. The van der Waals surface area contributed by atoms with E-state index >= 15 is 0 Å². The molecule has 98 valence electrons. The minimum Gasteiger partial charge on any atom is -0.314 e. The largest absolute Gasteiger partial charge is 0.314 e. The minimum absolute atomic E-state index is 0.426. The lowest BCUT2D eigenvalue weighted by Gasteiger charge is -2.28. The normalized spacial score (nSPS) is 16.1. The van der Waals surface area contributed by atoms with E-state index in [9.17, 15) is 0 Å². The van der Waals surface area contributed by atoms with Crippen molar-refractivity contribution in [3.8, 4) is 0 Å². The summed E-state index contributed by atoms with van der Waals surface area (Å²) >= 11 is 0. The Hall–Kier alpha value is -0.0400. The van der Waals surface area contributed by atoms with Crippen LogP contribution in [0, 0.1) is 11.3 Å². The molecule has 1 nitrogen and oxygen atoms in total. The van der Waals surface area contributed by atoms with Crippen LogP contribution in [-0.4, -0.2) is 12.6 Å². The van der Waals surface area contributed by atoms with Gasteiger partial charge in [-0.1, -0.05) is 60.3 Å². The summed E-state index contributed by atoms with van der Waals surface area (Å²) in [6.07, 6.45) is 6.84. The molecule has 0 aromatic heterocycles. The van der Waals surface area contributed by atoms with Gasteiger partial charge in [0.2, 0.25) is 0 Å². The average molecular weight is 227 g/mol. The van der Waals surface area contributed by atoms with Gasteiger partial charge in [0.1, 0.15) is 0 Å². The highest BCUT2D eigenvalue weighted by atomic mass is 14.9. The zero-order chi connectivity index (χ0) is 12.6. The lowest BCUT2D eigenvalue weighted by atomic mass is 9.82. The van der Waals surface area contributed by atoms with E-state index in [0.29, 0.717) is 11.5 Å². The van der Waals surface area contributed by atoms with Crippen LogP contribution in [-0.2, 0) is 0 Å². The molecule has 0 saturated carbocycles. The molecule has 16 heavy (non-hydrogen) atoms. The first-order chi connectivity index (χ1) is 7.38. The van der Waals surface area contributed by atoms with Crippen molar-refractivity contribution in [3.05, 3.63) is 0 Å².